The summed E-state index contributed by atoms with van der Waals surface area (Å²) in [6, 6.07) is 0. The molecule has 2 aliphatic rings. The molecule has 0 radical (unpaired) electrons. The molecule has 2 saturated heterocycles. The van der Waals surface area contributed by atoms with Crippen LogP contribution in [0.3, 0.4) is 0 Å². The topological polar surface area (TPSA) is 71.1 Å². The Hall–Kier alpha value is -1.67. The second-order valence-electron chi connectivity index (χ2n) is 3.57. The molecular formula is C8H7F3O6. The van der Waals surface area contributed by atoms with Crippen LogP contribution in [-0.4, -0.2) is 42.9 Å². The van der Waals surface area contributed by atoms with Crippen molar-refractivity contribution >= 4 is 12.3 Å². The Morgan fingerprint density at radius 1 is 0.941 bits per heavy atom. The van der Waals surface area contributed by atoms with Gasteiger partial charge in [-0.05, 0) is 6.92 Å². The van der Waals surface area contributed by atoms with Crippen molar-refractivity contribution in [3.05, 3.63) is 0 Å². The van der Waals surface area contributed by atoms with E-state index in [-0.39, 0.29) is 0 Å². The molecule has 0 aliphatic carbocycles. The van der Waals surface area contributed by atoms with Crippen LogP contribution in [0.4, 0.5) is 22.8 Å². The maximum Gasteiger partial charge on any atom is 0.509 e. The molecular weight excluding hydrogens is 249 g/mol. The van der Waals surface area contributed by atoms with Crippen molar-refractivity contribution < 1.29 is 41.7 Å². The minimum atomic E-state index is -4.80. The van der Waals surface area contributed by atoms with Crippen LogP contribution in [-0.2, 0) is 18.9 Å². The van der Waals surface area contributed by atoms with Gasteiger partial charge in [0, 0.05) is 0 Å². The zero-order valence-corrected chi connectivity index (χ0v) is 8.39. The van der Waals surface area contributed by atoms with Gasteiger partial charge in [0.25, 0.3) is 0 Å². The van der Waals surface area contributed by atoms with Gasteiger partial charge in [-0.15, -0.1) is 0 Å². The van der Waals surface area contributed by atoms with E-state index in [1.54, 1.807) is 0 Å². The number of alkyl halides is 3. The molecule has 96 valence electrons. The summed E-state index contributed by atoms with van der Waals surface area (Å²) in [5, 5.41) is 0. The Balaban J connectivity index is 2.19. The lowest BCUT2D eigenvalue weighted by molar-refractivity contribution is -0.211. The second-order valence-corrected chi connectivity index (χ2v) is 3.57. The van der Waals surface area contributed by atoms with Crippen LogP contribution in [0.2, 0.25) is 0 Å². The first-order chi connectivity index (χ1) is 7.79. The van der Waals surface area contributed by atoms with Crippen molar-refractivity contribution in [1.82, 2.24) is 0 Å². The lowest BCUT2D eigenvalue weighted by atomic mass is 10.0. The van der Waals surface area contributed by atoms with E-state index in [1.165, 1.54) is 6.92 Å². The van der Waals surface area contributed by atoms with Gasteiger partial charge in [-0.25, -0.2) is 9.59 Å². The van der Waals surface area contributed by atoms with Gasteiger partial charge in [0.2, 0.25) is 6.10 Å². The molecule has 2 aliphatic heterocycles. The van der Waals surface area contributed by atoms with Gasteiger partial charge < -0.3 is 18.9 Å². The molecule has 4 unspecified atom stereocenters. The van der Waals surface area contributed by atoms with Gasteiger partial charge in [-0.2, -0.15) is 13.2 Å². The summed E-state index contributed by atoms with van der Waals surface area (Å²) in [5.74, 6) is 0. The maximum absolute atomic E-state index is 12.5. The van der Waals surface area contributed by atoms with Gasteiger partial charge in [0.05, 0.1) is 0 Å². The van der Waals surface area contributed by atoms with Gasteiger partial charge in [0.1, 0.15) is 6.10 Å². The number of carbonyl (C=O) groups is 2. The summed E-state index contributed by atoms with van der Waals surface area (Å²) in [7, 11) is 0. The van der Waals surface area contributed by atoms with Gasteiger partial charge >= 0.3 is 18.5 Å². The van der Waals surface area contributed by atoms with E-state index in [1.807, 2.05) is 0 Å². The number of halogens is 3. The first kappa shape index (κ1) is 11.8. The summed E-state index contributed by atoms with van der Waals surface area (Å²) in [5.41, 5.74) is 0. The minimum Gasteiger partial charge on any atom is -0.427 e. The van der Waals surface area contributed by atoms with Crippen molar-refractivity contribution in [3.63, 3.8) is 0 Å². The smallest absolute Gasteiger partial charge is 0.427 e. The van der Waals surface area contributed by atoms with E-state index in [0.717, 1.165) is 0 Å². The van der Waals surface area contributed by atoms with Crippen molar-refractivity contribution in [1.29, 1.82) is 0 Å². The fourth-order valence-corrected chi connectivity index (χ4v) is 1.65. The van der Waals surface area contributed by atoms with Crippen LogP contribution in [0.5, 0.6) is 0 Å². The molecule has 0 bridgehead atoms. The number of hydrogen-bond acceptors (Lipinski definition) is 6. The van der Waals surface area contributed by atoms with Crippen molar-refractivity contribution in [2.75, 3.05) is 0 Å². The molecule has 0 aromatic carbocycles. The van der Waals surface area contributed by atoms with Crippen LogP contribution >= 0.6 is 0 Å². The number of hydrogen-bond donors (Lipinski definition) is 0. The molecule has 0 amide bonds. The van der Waals surface area contributed by atoms with E-state index in [9.17, 15) is 22.8 Å². The SMILES string of the molecule is CC1OC(=O)OC1C1OC(=O)OC1C(F)(F)F. The Morgan fingerprint density at radius 2 is 1.47 bits per heavy atom. The maximum atomic E-state index is 12.5. The zero-order valence-electron chi connectivity index (χ0n) is 8.39. The van der Waals surface area contributed by atoms with Crippen molar-refractivity contribution in [3.8, 4) is 0 Å². The molecule has 0 aromatic heterocycles. The average Bonchev–Trinajstić information content (AvgIpc) is 2.68. The standard InChI is InChI=1S/C8H7F3O6/c1-2-3(15-6(12)14-2)4-5(8(9,10)11)17-7(13)16-4/h2-5H,1H3. The second kappa shape index (κ2) is 3.67. The first-order valence-corrected chi connectivity index (χ1v) is 4.60. The minimum absolute atomic E-state index is 0.952. The summed E-state index contributed by atoms with van der Waals surface area (Å²) in [4.78, 5) is 21.5. The highest BCUT2D eigenvalue weighted by atomic mass is 19.4. The van der Waals surface area contributed by atoms with Gasteiger partial charge in [0.15, 0.2) is 12.2 Å². The predicted molar refractivity (Wildman–Crippen MR) is 42.0 cm³/mol. The number of ether oxygens (including phenoxy) is 4. The van der Waals surface area contributed by atoms with E-state index in [4.69, 9.17) is 0 Å². The predicted octanol–water partition coefficient (Wildman–Crippen LogP) is 1.38. The quantitative estimate of drug-likeness (QED) is 0.660. The summed E-state index contributed by atoms with van der Waals surface area (Å²) in [6.45, 7) is 1.33. The Bertz CT molecular complexity index is 354. The van der Waals surface area contributed by atoms with Gasteiger partial charge in [-0.1, -0.05) is 0 Å². The average molecular weight is 256 g/mol. The lowest BCUT2D eigenvalue weighted by Gasteiger charge is -2.22. The molecule has 2 rings (SSSR count). The zero-order chi connectivity index (χ0) is 12.8. The molecule has 2 fully saturated rings. The Morgan fingerprint density at radius 3 is 1.94 bits per heavy atom. The third kappa shape index (κ3) is 2.08. The van der Waals surface area contributed by atoms with Crippen LogP contribution < -0.4 is 0 Å². The number of rotatable bonds is 1. The molecule has 0 aromatic rings. The monoisotopic (exact) mass is 256 g/mol. The molecule has 17 heavy (non-hydrogen) atoms. The van der Waals surface area contributed by atoms with Crippen LogP contribution in [0.15, 0.2) is 0 Å². The molecule has 0 saturated carbocycles. The van der Waals surface area contributed by atoms with E-state index < -0.39 is 42.9 Å². The highest BCUT2D eigenvalue weighted by molar-refractivity contribution is 5.65. The summed E-state index contributed by atoms with van der Waals surface area (Å²) < 4.78 is 55.0. The molecule has 4 atom stereocenters. The highest BCUT2D eigenvalue weighted by Crippen LogP contribution is 2.36. The molecule has 9 heteroatoms. The normalized spacial score (nSPS) is 37.2. The van der Waals surface area contributed by atoms with E-state index >= 15 is 0 Å². The third-order valence-corrected chi connectivity index (χ3v) is 2.38. The number of cyclic esters (lactones) is 4. The molecule has 0 spiro atoms. The largest absolute Gasteiger partial charge is 0.509 e. The van der Waals surface area contributed by atoms with Crippen LogP contribution in [0, 0.1) is 0 Å². The molecule has 0 N–H and O–H groups in total. The van der Waals surface area contributed by atoms with Crippen LogP contribution in [0.25, 0.3) is 0 Å². The van der Waals surface area contributed by atoms with E-state index in [0.29, 0.717) is 0 Å². The fraction of sp³-hybridized carbons (Fsp3) is 0.750. The summed E-state index contributed by atoms with van der Waals surface area (Å²) >= 11 is 0. The molecule has 2 heterocycles. The lowest BCUT2D eigenvalue weighted by Crippen LogP contribution is -2.47. The van der Waals surface area contributed by atoms with Crippen molar-refractivity contribution in [2.45, 2.75) is 37.5 Å². The van der Waals surface area contributed by atoms with Gasteiger partial charge in [-0.3, -0.25) is 0 Å². The first-order valence-electron chi connectivity index (χ1n) is 4.60. The third-order valence-electron chi connectivity index (χ3n) is 2.38. The highest BCUT2D eigenvalue weighted by Gasteiger charge is 2.60. The molecule has 6 nitrogen and oxygen atoms in total. The fourth-order valence-electron chi connectivity index (χ4n) is 1.65. The Labute approximate surface area is 92.6 Å². The van der Waals surface area contributed by atoms with E-state index in [2.05, 4.69) is 18.9 Å². The van der Waals surface area contributed by atoms with Crippen LogP contribution in [0.1, 0.15) is 6.92 Å². The number of carbonyl (C=O) groups excluding carboxylic acids is 2. The van der Waals surface area contributed by atoms with Crippen molar-refractivity contribution in [2.24, 2.45) is 0 Å². The Kier molecular flexibility index (Phi) is 2.55. The summed E-state index contributed by atoms with van der Waals surface area (Å²) in [6.07, 6.45) is -13.8.